The molecule has 2 atom stereocenters. The van der Waals surface area contributed by atoms with Crippen molar-refractivity contribution in [2.24, 2.45) is 5.92 Å². The quantitative estimate of drug-likeness (QED) is 0.636. The number of pyridine rings is 1. The van der Waals surface area contributed by atoms with Crippen LogP contribution in [0, 0.1) is 5.92 Å². The third-order valence-electron chi connectivity index (χ3n) is 4.74. The predicted molar refractivity (Wildman–Crippen MR) is 111 cm³/mol. The average molecular weight is 378 g/mol. The van der Waals surface area contributed by atoms with Gasteiger partial charge < -0.3 is 14.6 Å². The zero-order valence-corrected chi connectivity index (χ0v) is 16.3. The molecule has 0 unspecified atom stereocenters. The molecule has 2 aromatic heterocycles. The van der Waals surface area contributed by atoms with E-state index in [2.05, 4.69) is 47.2 Å². The number of thiocarbonyl (C=S) groups is 1. The second-order valence-corrected chi connectivity index (χ2v) is 7.63. The van der Waals surface area contributed by atoms with Gasteiger partial charge in [-0.2, -0.15) is 0 Å². The van der Waals surface area contributed by atoms with E-state index in [4.69, 9.17) is 16.6 Å². The molecule has 1 aromatic carbocycles. The Labute approximate surface area is 165 Å². The Balaban J connectivity index is 1.73. The van der Waals surface area contributed by atoms with Crippen LogP contribution < -0.4 is 5.32 Å². The normalized spacial score (nSPS) is 19.5. The first-order valence-corrected chi connectivity index (χ1v) is 9.67. The van der Waals surface area contributed by atoms with Crippen LogP contribution in [0.3, 0.4) is 0 Å². The monoisotopic (exact) mass is 377 g/mol. The Hall–Kier alpha value is -2.66. The minimum atomic E-state index is -0.0350. The van der Waals surface area contributed by atoms with Gasteiger partial charge in [0, 0.05) is 18.3 Å². The molecule has 0 amide bonds. The second kappa shape index (κ2) is 7.53. The summed E-state index contributed by atoms with van der Waals surface area (Å²) in [4.78, 5) is 6.79. The molecule has 27 heavy (non-hydrogen) atoms. The Kier molecular flexibility index (Phi) is 4.94. The minimum Gasteiger partial charge on any atom is -0.459 e. The zero-order valence-electron chi connectivity index (χ0n) is 15.5. The van der Waals surface area contributed by atoms with Crippen LogP contribution in [-0.2, 0) is 0 Å². The molecular weight excluding hydrogens is 354 g/mol. The minimum absolute atomic E-state index is 0.0211. The number of hydrogen-bond acceptors (Lipinski definition) is 3. The van der Waals surface area contributed by atoms with Gasteiger partial charge in [0.2, 0.25) is 0 Å². The first-order valence-electron chi connectivity index (χ1n) is 9.26. The second-order valence-electron chi connectivity index (χ2n) is 7.24. The fourth-order valence-electron chi connectivity index (χ4n) is 3.57. The van der Waals surface area contributed by atoms with Crippen molar-refractivity contribution in [3.63, 3.8) is 0 Å². The lowest BCUT2D eigenvalue weighted by molar-refractivity contribution is 0.253. The lowest BCUT2D eigenvalue weighted by Gasteiger charge is -2.27. The van der Waals surface area contributed by atoms with Crippen LogP contribution in [0.4, 0.5) is 0 Å². The highest BCUT2D eigenvalue weighted by Crippen LogP contribution is 2.40. The summed E-state index contributed by atoms with van der Waals surface area (Å²) in [6.45, 7) is 5.26. The maximum atomic E-state index is 6.30. The van der Waals surface area contributed by atoms with E-state index in [0.717, 1.165) is 34.4 Å². The molecule has 4 nitrogen and oxygen atoms in total. The molecule has 5 heteroatoms. The van der Waals surface area contributed by atoms with Crippen LogP contribution in [-0.4, -0.2) is 21.5 Å². The summed E-state index contributed by atoms with van der Waals surface area (Å²) in [5.74, 6) is 2.25. The van der Waals surface area contributed by atoms with Crippen LogP contribution in [0.1, 0.15) is 37.4 Å². The molecule has 1 aliphatic heterocycles. The summed E-state index contributed by atoms with van der Waals surface area (Å²) in [5.41, 5.74) is 2.04. The van der Waals surface area contributed by atoms with Crippen molar-refractivity contribution in [3.05, 3.63) is 78.3 Å². The van der Waals surface area contributed by atoms with E-state index in [1.807, 2.05) is 48.7 Å². The SMILES string of the molecule is CC(C)CN1C(=S)N[C@H](c2ccccn2)[C@@H]1c1ccc(-c2ccccc2)o1. The van der Waals surface area contributed by atoms with Gasteiger partial charge in [0.25, 0.3) is 0 Å². The molecule has 0 bridgehead atoms. The molecule has 138 valence electrons. The van der Waals surface area contributed by atoms with E-state index in [-0.39, 0.29) is 12.1 Å². The Morgan fingerprint density at radius 1 is 1.07 bits per heavy atom. The summed E-state index contributed by atoms with van der Waals surface area (Å²) in [5, 5.41) is 4.21. The van der Waals surface area contributed by atoms with Crippen molar-refractivity contribution >= 4 is 17.3 Å². The fraction of sp³-hybridized carbons (Fsp3) is 0.273. The van der Waals surface area contributed by atoms with Crippen LogP contribution in [0.5, 0.6) is 0 Å². The summed E-state index contributed by atoms with van der Waals surface area (Å²) in [6, 6.07) is 20.2. The largest absolute Gasteiger partial charge is 0.459 e. The number of hydrogen-bond donors (Lipinski definition) is 1. The molecule has 1 aliphatic rings. The van der Waals surface area contributed by atoms with Gasteiger partial charge in [0.1, 0.15) is 17.6 Å². The number of nitrogens with zero attached hydrogens (tertiary/aromatic N) is 2. The lowest BCUT2D eigenvalue weighted by Crippen LogP contribution is -2.32. The van der Waals surface area contributed by atoms with E-state index in [0.29, 0.717) is 5.92 Å². The van der Waals surface area contributed by atoms with Gasteiger partial charge in [-0.1, -0.05) is 50.2 Å². The summed E-state index contributed by atoms with van der Waals surface area (Å²) >= 11 is 5.66. The predicted octanol–water partition coefficient (Wildman–Crippen LogP) is 4.97. The summed E-state index contributed by atoms with van der Waals surface area (Å²) in [7, 11) is 0. The number of nitrogens with one attached hydrogen (secondary N) is 1. The molecule has 3 aromatic rings. The molecule has 0 saturated carbocycles. The number of benzene rings is 1. The Morgan fingerprint density at radius 3 is 2.56 bits per heavy atom. The molecule has 4 rings (SSSR count). The van der Waals surface area contributed by atoms with E-state index >= 15 is 0 Å². The van der Waals surface area contributed by atoms with Crippen molar-refractivity contribution in [2.75, 3.05) is 6.54 Å². The number of aromatic nitrogens is 1. The van der Waals surface area contributed by atoms with Crippen molar-refractivity contribution in [2.45, 2.75) is 25.9 Å². The highest BCUT2D eigenvalue weighted by atomic mass is 32.1. The standard InChI is InChI=1S/C22H23N3OS/c1-15(2)14-25-21(20(24-22(25)27)17-10-6-7-13-23-17)19-12-11-18(26-19)16-8-4-3-5-9-16/h3-13,15,20-21H,14H2,1-2H3,(H,24,27)/t20-,21+/m1/s1. The van der Waals surface area contributed by atoms with Crippen molar-refractivity contribution in [1.29, 1.82) is 0 Å². The number of rotatable bonds is 5. The lowest BCUT2D eigenvalue weighted by atomic mass is 10.0. The topological polar surface area (TPSA) is 41.3 Å². The Morgan fingerprint density at radius 2 is 1.85 bits per heavy atom. The van der Waals surface area contributed by atoms with Gasteiger partial charge in [0.05, 0.1) is 11.7 Å². The third kappa shape index (κ3) is 3.60. The van der Waals surface area contributed by atoms with E-state index in [9.17, 15) is 0 Å². The van der Waals surface area contributed by atoms with Crippen LogP contribution >= 0.6 is 12.2 Å². The van der Waals surface area contributed by atoms with Crippen molar-refractivity contribution in [3.8, 4) is 11.3 Å². The van der Waals surface area contributed by atoms with E-state index in [1.54, 1.807) is 0 Å². The molecule has 0 radical (unpaired) electrons. The van der Waals surface area contributed by atoms with E-state index in [1.165, 1.54) is 0 Å². The van der Waals surface area contributed by atoms with Crippen LogP contribution in [0.2, 0.25) is 0 Å². The third-order valence-corrected chi connectivity index (χ3v) is 5.09. The summed E-state index contributed by atoms with van der Waals surface area (Å²) in [6.07, 6.45) is 1.82. The maximum Gasteiger partial charge on any atom is 0.170 e. The van der Waals surface area contributed by atoms with Crippen molar-refractivity contribution < 1.29 is 4.42 Å². The summed E-state index contributed by atoms with van der Waals surface area (Å²) < 4.78 is 6.30. The maximum absolute atomic E-state index is 6.30. The van der Waals surface area contributed by atoms with Crippen LogP contribution in [0.25, 0.3) is 11.3 Å². The zero-order chi connectivity index (χ0) is 18.8. The smallest absolute Gasteiger partial charge is 0.170 e. The van der Waals surface area contributed by atoms with Crippen LogP contribution in [0.15, 0.2) is 71.3 Å². The van der Waals surface area contributed by atoms with Gasteiger partial charge in [0.15, 0.2) is 5.11 Å². The molecule has 1 N–H and O–H groups in total. The first kappa shape index (κ1) is 17.7. The van der Waals surface area contributed by atoms with Gasteiger partial charge in [-0.05, 0) is 42.4 Å². The molecule has 0 aliphatic carbocycles. The molecule has 0 spiro atoms. The fourth-order valence-corrected chi connectivity index (χ4v) is 3.89. The van der Waals surface area contributed by atoms with Crippen molar-refractivity contribution in [1.82, 2.24) is 15.2 Å². The van der Waals surface area contributed by atoms with Gasteiger partial charge in [-0.25, -0.2) is 0 Å². The Bertz CT molecular complexity index is 908. The van der Waals surface area contributed by atoms with Gasteiger partial charge in [-0.15, -0.1) is 0 Å². The molecule has 1 fully saturated rings. The highest BCUT2D eigenvalue weighted by Gasteiger charge is 2.41. The molecule has 3 heterocycles. The first-order chi connectivity index (χ1) is 13.1. The van der Waals surface area contributed by atoms with Gasteiger partial charge in [-0.3, -0.25) is 4.98 Å². The molecular formula is C22H23N3OS. The average Bonchev–Trinajstić information content (AvgIpc) is 3.28. The highest BCUT2D eigenvalue weighted by molar-refractivity contribution is 7.80. The molecule has 1 saturated heterocycles. The van der Waals surface area contributed by atoms with E-state index < -0.39 is 0 Å². The van der Waals surface area contributed by atoms with Gasteiger partial charge >= 0.3 is 0 Å². The number of furan rings is 1.